The minimum absolute atomic E-state index is 0. The molecule has 0 amide bonds. The van der Waals surface area contributed by atoms with Crippen LogP contribution >= 0.6 is 0 Å². The second-order valence-corrected chi connectivity index (χ2v) is 3.52. The van der Waals surface area contributed by atoms with Crippen LogP contribution in [0.15, 0.2) is 0 Å². The van der Waals surface area contributed by atoms with Crippen molar-refractivity contribution in [3.05, 3.63) is 0 Å². The van der Waals surface area contributed by atoms with Crippen LogP contribution in [0.3, 0.4) is 0 Å². The lowest BCUT2D eigenvalue weighted by Gasteiger charge is -2.28. The second kappa shape index (κ2) is 17.3. The fourth-order valence-electron chi connectivity index (χ4n) is 1.09. The topological polar surface area (TPSA) is 9.72 Å². The van der Waals surface area contributed by atoms with E-state index in [-0.39, 0.29) is 29.7 Å². The summed E-state index contributed by atoms with van der Waals surface area (Å²) in [5.41, 5.74) is 0. The van der Waals surface area contributed by atoms with E-state index < -0.39 is 0 Å². The van der Waals surface area contributed by atoms with Crippen LogP contribution in [0.5, 0.6) is 0 Å². The van der Waals surface area contributed by atoms with Crippen molar-refractivity contribution in [2.24, 2.45) is 0 Å². The maximum absolute atomic E-state index is 2.41. The first-order valence-electron chi connectivity index (χ1n) is 4.65. The first-order valence-corrected chi connectivity index (χ1v) is 4.65. The summed E-state index contributed by atoms with van der Waals surface area (Å²) < 4.78 is 0. The van der Waals surface area contributed by atoms with Crippen LogP contribution in [0.25, 0.3) is 0 Å². The Hall–Kier alpha value is -0.120. The van der Waals surface area contributed by atoms with Crippen LogP contribution in [0, 0.1) is 0 Å². The number of rotatable bonds is 6. The van der Waals surface area contributed by atoms with Gasteiger partial charge in [-0.25, -0.2) is 0 Å². The predicted molar refractivity (Wildman–Crippen MR) is 81.0 cm³/mol. The van der Waals surface area contributed by atoms with E-state index in [1.54, 1.807) is 0 Å². The van der Waals surface area contributed by atoms with Crippen molar-refractivity contribution in [1.29, 1.82) is 0 Å². The Morgan fingerprint density at radius 1 is 0.688 bits per heavy atom. The lowest BCUT2D eigenvalue weighted by atomic mass is 10.5. The Balaban J connectivity index is -0.000000101. The summed E-state index contributed by atoms with van der Waals surface area (Å²) in [6.07, 6.45) is 0. The van der Waals surface area contributed by atoms with Gasteiger partial charge in [0, 0.05) is 0 Å². The number of nitrogens with zero attached hydrogens (tertiary/aromatic N) is 3. The minimum Gasteiger partial charge on any atom is -0.297 e. The zero-order chi connectivity index (χ0) is 9.56. The van der Waals surface area contributed by atoms with Crippen molar-refractivity contribution < 1.29 is 0 Å². The summed E-state index contributed by atoms with van der Waals surface area (Å²) >= 11 is 0. The van der Waals surface area contributed by atoms with Gasteiger partial charge >= 0.3 is 0 Å². The molecule has 0 aliphatic carbocycles. The fourth-order valence-corrected chi connectivity index (χ4v) is 1.09. The Morgan fingerprint density at radius 2 is 1.12 bits per heavy atom. The third-order valence-electron chi connectivity index (χ3n) is 1.91. The molecule has 0 aromatic rings. The highest BCUT2D eigenvalue weighted by Gasteiger charge is 2.04. The number of hydrogen-bond donors (Lipinski definition) is 0. The van der Waals surface area contributed by atoms with E-state index in [1.165, 1.54) is 0 Å². The van der Waals surface area contributed by atoms with Crippen LogP contribution in [0.1, 0.15) is 43.6 Å². The van der Waals surface area contributed by atoms with Gasteiger partial charge in [-0.05, 0) is 34.2 Å². The SMILES string of the molecule is C.C.C.C.CCN(C)CN(CC)CN(C)C. The molecule has 0 heterocycles. The second-order valence-electron chi connectivity index (χ2n) is 3.52. The molecule has 0 atom stereocenters. The van der Waals surface area contributed by atoms with E-state index in [1.807, 2.05) is 0 Å². The Kier molecular flexibility index (Phi) is 32.1. The quantitative estimate of drug-likeness (QED) is 0.657. The van der Waals surface area contributed by atoms with Gasteiger partial charge in [0.1, 0.15) is 0 Å². The van der Waals surface area contributed by atoms with Crippen molar-refractivity contribution >= 4 is 0 Å². The fraction of sp³-hybridized carbons (Fsp3) is 1.00. The summed E-state index contributed by atoms with van der Waals surface area (Å²) in [6.45, 7) is 8.72. The lowest BCUT2D eigenvalue weighted by molar-refractivity contribution is 0.114. The third kappa shape index (κ3) is 16.3. The first kappa shape index (κ1) is 29.7. The Labute approximate surface area is 106 Å². The average molecular weight is 237 g/mol. The van der Waals surface area contributed by atoms with Gasteiger partial charge in [0.2, 0.25) is 0 Å². The highest BCUT2D eigenvalue weighted by atomic mass is 15.4. The van der Waals surface area contributed by atoms with Crippen LogP contribution in [-0.2, 0) is 0 Å². The summed E-state index contributed by atoms with van der Waals surface area (Å²) in [5.74, 6) is 0. The van der Waals surface area contributed by atoms with Gasteiger partial charge in [0.15, 0.2) is 0 Å². The van der Waals surface area contributed by atoms with E-state index in [2.05, 4.69) is 49.7 Å². The van der Waals surface area contributed by atoms with E-state index in [4.69, 9.17) is 0 Å². The Morgan fingerprint density at radius 3 is 1.38 bits per heavy atom. The van der Waals surface area contributed by atoms with E-state index >= 15 is 0 Å². The van der Waals surface area contributed by atoms with Crippen molar-refractivity contribution in [2.45, 2.75) is 43.6 Å². The monoisotopic (exact) mass is 237 g/mol. The van der Waals surface area contributed by atoms with Gasteiger partial charge in [0.25, 0.3) is 0 Å². The molecule has 3 heteroatoms. The van der Waals surface area contributed by atoms with Crippen molar-refractivity contribution in [2.75, 3.05) is 47.6 Å². The molecule has 16 heavy (non-hydrogen) atoms. The van der Waals surface area contributed by atoms with Gasteiger partial charge in [0.05, 0.1) is 13.3 Å². The molecule has 0 saturated heterocycles. The van der Waals surface area contributed by atoms with Gasteiger partial charge in [-0.1, -0.05) is 43.6 Å². The van der Waals surface area contributed by atoms with Crippen LogP contribution in [0.4, 0.5) is 0 Å². The zero-order valence-corrected chi connectivity index (χ0v) is 9.17. The van der Waals surface area contributed by atoms with Gasteiger partial charge in [-0.2, -0.15) is 0 Å². The maximum Gasteiger partial charge on any atom is 0.0515 e. The lowest BCUT2D eigenvalue weighted by Crippen LogP contribution is -2.40. The smallest absolute Gasteiger partial charge is 0.0515 e. The van der Waals surface area contributed by atoms with Gasteiger partial charge < -0.3 is 0 Å². The predicted octanol–water partition coefficient (Wildman–Crippen LogP) is 3.28. The molecule has 0 N–H and O–H groups in total. The molecule has 0 rings (SSSR count). The van der Waals surface area contributed by atoms with Gasteiger partial charge in [-0.3, -0.25) is 14.7 Å². The molecule has 3 nitrogen and oxygen atoms in total. The normalized spacial score (nSPS) is 9.00. The third-order valence-corrected chi connectivity index (χ3v) is 1.91. The average Bonchev–Trinajstić information content (AvgIpc) is 2.02. The molecule has 0 bridgehead atoms. The largest absolute Gasteiger partial charge is 0.297 e. The zero-order valence-electron chi connectivity index (χ0n) is 9.17. The minimum atomic E-state index is 0. The molecule has 0 unspecified atom stereocenters. The van der Waals surface area contributed by atoms with E-state index in [0.717, 1.165) is 26.4 Å². The molecule has 0 aromatic carbocycles. The highest BCUT2D eigenvalue weighted by Crippen LogP contribution is 1.92. The number of hydrogen-bond acceptors (Lipinski definition) is 3. The molecule has 0 fully saturated rings. The Bertz CT molecular complexity index is 105. The summed E-state index contributed by atoms with van der Waals surface area (Å²) in [7, 11) is 6.36. The van der Waals surface area contributed by atoms with Crippen LogP contribution in [-0.4, -0.2) is 62.3 Å². The summed E-state index contributed by atoms with van der Waals surface area (Å²) in [4.78, 5) is 6.92. The van der Waals surface area contributed by atoms with E-state index in [0.29, 0.717) is 0 Å². The highest BCUT2D eigenvalue weighted by molar-refractivity contribution is 4.52. The molecule has 0 radical (unpaired) electrons. The first-order chi connectivity index (χ1) is 5.60. The molecule has 0 aliphatic rings. The molecular formula is C13H39N3. The summed E-state index contributed by atoms with van der Waals surface area (Å²) in [6, 6.07) is 0. The van der Waals surface area contributed by atoms with Crippen LogP contribution < -0.4 is 0 Å². The molecule has 0 aromatic heterocycles. The standard InChI is InChI=1S/C9H23N3.4CH4/c1-6-11(5)9-12(7-2)8-10(3)4;;;;/h6-9H2,1-5H3;4*1H4. The molecule has 0 spiro atoms. The molecule has 106 valence electrons. The molecule has 0 saturated carbocycles. The van der Waals surface area contributed by atoms with Gasteiger partial charge in [-0.15, -0.1) is 0 Å². The molecular weight excluding hydrogens is 198 g/mol. The summed E-state index contributed by atoms with van der Waals surface area (Å²) in [5, 5.41) is 0. The van der Waals surface area contributed by atoms with Crippen molar-refractivity contribution in [3.63, 3.8) is 0 Å². The van der Waals surface area contributed by atoms with E-state index in [9.17, 15) is 0 Å². The van der Waals surface area contributed by atoms with Crippen LogP contribution in [0.2, 0.25) is 0 Å². The molecule has 0 aliphatic heterocycles. The van der Waals surface area contributed by atoms with Crippen molar-refractivity contribution in [3.8, 4) is 0 Å². The maximum atomic E-state index is 2.41. The van der Waals surface area contributed by atoms with Crippen molar-refractivity contribution in [1.82, 2.24) is 14.7 Å².